The van der Waals surface area contributed by atoms with Crippen LogP contribution in [0.2, 0.25) is 10.0 Å². The minimum absolute atomic E-state index is 0.695. The van der Waals surface area contributed by atoms with E-state index in [1.54, 1.807) is 7.11 Å². The van der Waals surface area contributed by atoms with Crippen LogP contribution in [0.3, 0.4) is 0 Å². The van der Waals surface area contributed by atoms with Crippen LogP contribution in [0, 0.1) is 0 Å². The minimum atomic E-state index is 0.695. The van der Waals surface area contributed by atoms with E-state index in [-0.39, 0.29) is 0 Å². The summed E-state index contributed by atoms with van der Waals surface area (Å²) in [5.41, 5.74) is 1.99. The van der Waals surface area contributed by atoms with Crippen molar-refractivity contribution in [1.29, 1.82) is 0 Å². The van der Waals surface area contributed by atoms with E-state index in [2.05, 4.69) is 0 Å². The molecule has 0 N–H and O–H groups in total. The fourth-order valence-corrected chi connectivity index (χ4v) is 1.84. The zero-order valence-corrected chi connectivity index (χ0v) is 11.4. The summed E-state index contributed by atoms with van der Waals surface area (Å²) in [4.78, 5) is 0. The van der Waals surface area contributed by atoms with Crippen molar-refractivity contribution in [2.45, 2.75) is 0 Å². The number of rotatable bonds is 3. The van der Waals surface area contributed by atoms with Crippen molar-refractivity contribution in [3.8, 4) is 5.75 Å². The Kier molecular flexibility index (Phi) is 4.29. The van der Waals surface area contributed by atoms with E-state index in [0.717, 1.165) is 21.9 Å². The van der Waals surface area contributed by atoms with E-state index in [0.29, 0.717) is 5.02 Å². The molecule has 92 valence electrons. The number of ether oxygens (including phenoxy) is 1. The maximum absolute atomic E-state index is 6.12. The molecule has 2 rings (SSSR count). The maximum atomic E-state index is 6.12. The molecule has 0 aromatic heterocycles. The molecule has 0 aliphatic carbocycles. The molecule has 0 aliphatic rings. The van der Waals surface area contributed by atoms with Crippen LogP contribution >= 0.6 is 23.2 Å². The van der Waals surface area contributed by atoms with Gasteiger partial charge in [-0.1, -0.05) is 47.5 Å². The van der Waals surface area contributed by atoms with Crippen LogP contribution in [0.15, 0.2) is 42.5 Å². The van der Waals surface area contributed by atoms with E-state index in [1.165, 1.54) is 0 Å². The Morgan fingerprint density at radius 2 is 1.67 bits per heavy atom. The zero-order chi connectivity index (χ0) is 13.0. The van der Waals surface area contributed by atoms with Crippen molar-refractivity contribution in [2.24, 2.45) is 0 Å². The van der Waals surface area contributed by atoms with Gasteiger partial charge in [0, 0.05) is 10.0 Å². The minimum Gasteiger partial charge on any atom is -0.497 e. The predicted octanol–water partition coefficient (Wildman–Crippen LogP) is 5.17. The molecule has 1 nitrogen and oxygen atoms in total. The molecule has 0 fully saturated rings. The van der Waals surface area contributed by atoms with Gasteiger partial charge in [0.05, 0.1) is 7.11 Å². The Balaban J connectivity index is 2.25. The Morgan fingerprint density at radius 1 is 0.944 bits per heavy atom. The first-order valence-electron chi connectivity index (χ1n) is 5.46. The summed E-state index contributed by atoms with van der Waals surface area (Å²) in [6.45, 7) is 0. The van der Waals surface area contributed by atoms with Crippen LogP contribution in [0.4, 0.5) is 0 Å². The monoisotopic (exact) mass is 278 g/mol. The highest BCUT2D eigenvalue weighted by molar-refractivity contribution is 6.32. The van der Waals surface area contributed by atoms with Gasteiger partial charge in [-0.15, -0.1) is 0 Å². The van der Waals surface area contributed by atoms with Gasteiger partial charge in [-0.2, -0.15) is 0 Å². The molecule has 18 heavy (non-hydrogen) atoms. The fraction of sp³-hybridized carbons (Fsp3) is 0.0667. The van der Waals surface area contributed by atoms with Gasteiger partial charge in [0.25, 0.3) is 0 Å². The molecule has 3 heteroatoms. The van der Waals surface area contributed by atoms with Gasteiger partial charge >= 0.3 is 0 Å². The quantitative estimate of drug-likeness (QED) is 0.704. The molecule has 0 atom stereocenters. The summed E-state index contributed by atoms with van der Waals surface area (Å²) in [6.07, 6.45) is 3.94. The molecule has 2 aromatic carbocycles. The Hall–Kier alpha value is -1.44. The maximum Gasteiger partial charge on any atom is 0.119 e. The zero-order valence-electron chi connectivity index (χ0n) is 9.86. The van der Waals surface area contributed by atoms with Gasteiger partial charge in [-0.05, 0) is 41.5 Å². The third-order valence-corrected chi connectivity index (χ3v) is 3.12. The molecule has 0 spiro atoms. The average Bonchev–Trinajstić information content (AvgIpc) is 2.40. The SMILES string of the molecule is COc1ccc(Cl)c(/C=C/c2ccc(Cl)cc2)c1. The van der Waals surface area contributed by atoms with Crippen LogP contribution < -0.4 is 4.74 Å². The predicted molar refractivity (Wildman–Crippen MR) is 78.4 cm³/mol. The van der Waals surface area contributed by atoms with Gasteiger partial charge < -0.3 is 4.74 Å². The number of hydrogen-bond acceptors (Lipinski definition) is 1. The molecular weight excluding hydrogens is 267 g/mol. The van der Waals surface area contributed by atoms with E-state index in [9.17, 15) is 0 Å². The topological polar surface area (TPSA) is 9.23 Å². The highest BCUT2D eigenvalue weighted by Crippen LogP contribution is 2.24. The first kappa shape index (κ1) is 13.0. The first-order chi connectivity index (χ1) is 8.69. The van der Waals surface area contributed by atoms with E-state index >= 15 is 0 Å². The lowest BCUT2D eigenvalue weighted by molar-refractivity contribution is 0.414. The number of hydrogen-bond donors (Lipinski definition) is 0. The smallest absolute Gasteiger partial charge is 0.119 e. The fourth-order valence-electron chi connectivity index (χ4n) is 1.54. The lowest BCUT2D eigenvalue weighted by Gasteiger charge is -2.03. The molecule has 0 aliphatic heterocycles. The molecule has 0 amide bonds. The first-order valence-corrected chi connectivity index (χ1v) is 6.22. The number of halogens is 2. The third kappa shape index (κ3) is 3.28. The van der Waals surface area contributed by atoms with Crippen molar-refractivity contribution >= 4 is 35.4 Å². The van der Waals surface area contributed by atoms with E-state index in [1.807, 2.05) is 54.6 Å². The largest absolute Gasteiger partial charge is 0.497 e. The van der Waals surface area contributed by atoms with Crippen LogP contribution in [0.1, 0.15) is 11.1 Å². The van der Waals surface area contributed by atoms with Gasteiger partial charge in [0.15, 0.2) is 0 Å². The summed E-state index contributed by atoms with van der Waals surface area (Å²) >= 11 is 11.9. The Bertz CT molecular complexity index is 559. The number of benzene rings is 2. The van der Waals surface area contributed by atoms with Crippen LogP contribution in [0.5, 0.6) is 5.75 Å². The van der Waals surface area contributed by atoms with Crippen molar-refractivity contribution in [3.63, 3.8) is 0 Å². The summed E-state index contributed by atoms with van der Waals surface area (Å²) in [7, 11) is 1.63. The van der Waals surface area contributed by atoms with Crippen LogP contribution in [-0.4, -0.2) is 7.11 Å². The number of methoxy groups -OCH3 is 1. The molecule has 0 heterocycles. The van der Waals surface area contributed by atoms with Crippen LogP contribution in [-0.2, 0) is 0 Å². The van der Waals surface area contributed by atoms with Crippen molar-refractivity contribution in [2.75, 3.05) is 7.11 Å². The summed E-state index contributed by atoms with van der Waals surface area (Å²) in [6, 6.07) is 13.2. The average molecular weight is 279 g/mol. The lowest BCUT2D eigenvalue weighted by Crippen LogP contribution is -1.83. The molecule has 0 radical (unpaired) electrons. The normalized spacial score (nSPS) is 10.8. The highest BCUT2D eigenvalue weighted by Gasteiger charge is 1.99. The molecule has 0 unspecified atom stereocenters. The highest BCUT2D eigenvalue weighted by atomic mass is 35.5. The second kappa shape index (κ2) is 5.94. The van der Waals surface area contributed by atoms with Crippen LogP contribution in [0.25, 0.3) is 12.2 Å². The lowest BCUT2D eigenvalue weighted by atomic mass is 10.1. The Morgan fingerprint density at radius 3 is 2.33 bits per heavy atom. The van der Waals surface area contributed by atoms with E-state index < -0.39 is 0 Å². The second-order valence-electron chi connectivity index (χ2n) is 3.77. The molecule has 2 aromatic rings. The van der Waals surface area contributed by atoms with Gasteiger partial charge in [-0.25, -0.2) is 0 Å². The molecule has 0 bridgehead atoms. The second-order valence-corrected chi connectivity index (χ2v) is 4.62. The third-order valence-electron chi connectivity index (χ3n) is 2.53. The van der Waals surface area contributed by atoms with Gasteiger partial charge in [0.2, 0.25) is 0 Å². The van der Waals surface area contributed by atoms with Crippen molar-refractivity contribution in [1.82, 2.24) is 0 Å². The molecular formula is C15H12Cl2O. The molecule has 0 saturated heterocycles. The summed E-state index contributed by atoms with van der Waals surface area (Å²) < 4.78 is 5.17. The Labute approximate surface area is 117 Å². The standard InChI is InChI=1S/C15H12Cl2O/c1-18-14-8-9-15(17)12(10-14)5-2-11-3-6-13(16)7-4-11/h2-10H,1H3/b5-2+. The van der Waals surface area contributed by atoms with E-state index in [4.69, 9.17) is 27.9 Å². The van der Waals surface area contributed by atoms with Gasteiger partial charge in [0.1, 0.15) is 5.75 Å². The van der Waals surface area contributed by atoms with Crippen molar-refractivity contribution < 1.29 is 4.74 Å². The summed E-state index contributed by atoms with van der Waals surface area (Å²) in [5, 5.41) is 1.42. The van der Waals surface area contributed by atoms with Gasteiger partial charge in [-0.3, -0.25) is 0 Å². The summed E-state index contributed by atoms with van der Waals surface area (Å²) in [5.74, 6) is 0.787. The molecule has 0 saturated carbocycles. The van der Waals surface area contributed by atoms with Crippen molar-refractivity contribution in [3.05, 3.63) is 63.6 Å².